The van der Waals surface area contributed by atoms with Crippen molar-refractivity contribution in [2.24, 2.45) is 11.8 Å². The Labute approximate surface area is 290 Å². The fourth-order valence-electron chi connectivity index (χ4n) is 6.23. The number of hydrogen-bond donors (Lipinski definition) is 5. The molecule has 274 valence electrons. The maximum Gasteiger partial charge on any atom is 0.329 e. The number of aromatic nitrogens is 1. The highest BCUT2D eigenvalue weighted by Crippen LogP contribution is 2.28. The van der Waals surface area contributed by atoms with E-state index in [4.69, 9.17) is 4.74 Å². The van der Waals surface area contributed by atoms with Crippen molar-refractivity contribution in [1.29, 1.82) is 0 Å². The number of aromatic amines is 1. The topological polar surface area (TPSA) is 193 Å². The van der Waals surface area contributed by atoms with Crippen LogP contribution < -0.4 is 21.3 Å². The first-order valence-corrected chi connectivity index (χ1v) is 19.9. The first-order chi connectivity index (χ1) is 22.8. The fourth-order valence-corrected chi connectivity index (χ4v) is 10.1. The van der Waals surface area contributed by atoms with Crippen LogP contribution in [0.25, 0.3) is 10.9 Å². The van der Waals surface area contributed by atoms with Gasteiger partial charge in [0.25, 0.3) is 12.5 Å². The molecule has 1 aromatic heterocycles. The van der Waals surface area contributed by atoms with Gasteiger partial charge < -0.3 is 30.8 Å². The Morgan fingerprint density at radius 1 is 0.959 bits per heavy atom. The lowest BCUT2D eigenvalue weighted by Crippen LogP contribution is -2.58. The molecule has 13 nitrogen and oxygen atoms in total. The molecule has 0 fully saturated rings. The molecule has 1 heterocycles. The normalized spacial score (nSPS) is 14.0. The van der Waals surface area contributed by atoms with Crippen LogP contribution in [0.3, 0.4) is 0 Å². The minimum Gasteiger partial charge on any atom is -0.458 e. The van der Waals surface area contributed by atoms with Gasteiger partial charge in [-0.15, -0.1) is 0 Å². The number of esters is 1. The van der Waals surface area contributed by atoms with Crippen LogP contribution in [0.1, 0.15) is 86.8 Å². The van der Waals surface area contributed by atoms with Gasteiger partial charge in [0.2, 0.25) is 11.8 Å². The molecule has 0 aliphatic heterocycles. The molecular formula is C35H57N5O8Si. The number of nitrogens with one attached hydrogen (secondary N) is 4. The second-order valence-electron chi connectivity index (χ2n) is 14.6. The van der Waals surface area contributed by atoms with E-state index < -0.39 is 72.9 Å². The number of carbonyl (C=O) groups is 4. The molecule has 49 heavy (non-hydrogen) atoms. The zero-order valence-electron chi connectivity index (χ0n) is 30.8. The first-order valence-electron chi connectivity index (χ1n) is 17.3. The Morgan fingerprint density at radius 2 is 1.57 bits per heavy atom. The summed E-state index contributed by atoms with van der Waals surface area (Å²) in [5.74, 6) is -3.25. The van der Waals surface area contributed by atoms with E-state index in [-0.39, 0.29) is 25.4 Å². The molecule has 0 saturated heterocycles. The average Bonchev–Trinajstić information content (AvgIpc) is 3.36. The summed E-state index contributed by atoms with van der Waals surface area (Å²) in [6.07, 6.45) is 0.330. The number of benzene rings is 1. The molecule has 0 aliphatic carbocycles. The molecule has 2 rings (SSSR count). The van der Waals surface area contributed by atoms with Crippen LogP contribution in [0.5, 0.6) is 0 Å². The second-order valence-corrected chi connectivity index (χ2v) is 19.8. The SMILES string of the molecule is CC[Si](CC)(CC)c1[nH]c2cc(CO)ccc2c1C[C@H](NC(=O)[C@@H](NC(=O)[C@H](CC(C)C)NC(=O)C[N+](=O)[O-])C(C)C)C(=O)OC(C)(C)C. The Bertz CT molecular complexity index is 1470. The molecule has 0 bridgehead atoms. The summed E-state index contributed by atoms with van der Waals surface area (Å²) in [6.45, 7) is 17.9. The summed E-state index contributed by atoms with van der Waals surface area (Å²) in [5, 5.41) is 30.7. The molecule has 3 amide bonds. The van der Waals surface area contributed by atoms with Gasteiger partial charge in [-0.05, 0) is 56.2 Å². The third-order valence-electron chi connectivity index (χ3n) is 9.01. The van der Waals surface area contributed by atoms with Crippen LogP contribution in [0.15, 0.2) is 18.2 Å². The standard InChI is InChI=1S/C35H57N5O8Si/c1-11-49(12-2,13-3)33-25(24-15-14-23(20-41)17-26(24)38-33)18-28(34(45)48-35(8,9)10)37-32(44)30(22(6)7)39-31(43)27(16-21(4)5)36-29(42)19-40(46)47/h14-15,17,21-22,27-28,30,38,41H,11-13,16,18-20H2,1-10H3,(H,36,42)(H,37,44)(H,39,43)/t27-,28-,30-/m0/s1. The van der Waals surface area contributed by atoms with Crippen molar-refractivity contribution in [3.05, 3.63) is 39.4 Å². The molecule has 3 atom stereocenters. The van der Waals surface area contributed by atoms with E-state index >= 15 is 0 Å². The van der Waals surface area contributed by atoms with Gasteiger partial charge in [0.15, 0.2) is 0 Å². The van der Waals surface area contributed by atoms with Crippen molar-refractivity contribution in [2.75, 3.05) is 6.54 Å². The lowest BCUT2D eigenvalue weighted by molar-refractivity contribution is -0.467. The van der Waals surface area contributed by atoms with Gasteiger partial charge in [0.1, 0.15) is 31.8 Å². The third-order valence-corrected chi connectivity index (χ3v) is 14.6. The van der Waals surface area contributed by atoms with Crippen molar-refractivity contribution in [1.82, 2.24) is 20.9 Å². The first kappa shape index (κ1) is 41.4. The molecule has 1 aromatic carbocycles. The minimum absolute atomic E-state index is 0.0432. The number of rotatable bonds is 18. The Kier molecular flexibility index (Phi) is 15.0. The second kappa shape index (κ2) is 17.7. The molecule has 14 heteroatoms. The van der Waals surface area contributed by atoms with Gasteiger partial charge in [-0.25, -0.2) is 4.79 Å². The maximum absolute atomic E-state index is 14.0. The van der Waals surface area contributed by atoms with Gasteiger partial charge in [0.05, 0.1) is 6.61 Å². The lowest BCUT2D eigenvalue weighted by Gasteiger charge is -2.31. The van der Waals surface area contributed by atoms with E-state index in [0.717, 1.165) is 45.5 Å². The minimum atomic E-state index is -2.07. The van der Waals surface area contributed by atoms with E-state index in [1.807, 2.05) is 32.0 Å². The van der Waals surface area contributed by atoms with Gasteiger partial charge in [0, 0.05) is 27.6 Å². The van der Waals surface area contributed by atoms with Crippen LogP contribution in [0, 0.1) is 22.0 Å². The van der Waals surface area contributed by atoms with Crippen molar-refractivity contribution in [2.45, 2.75) is 131 Å². The Hall–Kier alpha value is -3.78. The van der Waals surface area contributed by atoms with Gasteiger partial charge in [-0.3, -0.25) is 24.5 Å². The number of aliphatic hydroxyl groups excluding tert-OH is 1. The number of aliphatic hydroxyl groups is 1. The summed E-state index contributed by atoms with van der Waals surface area (Å²) >= 11 is 0. The zero-order chi connectivity index (χ0) is 37.3. The number of hydrogen-bond acceptors (Lipinski definition) is 8. The smallest absolute Gasteiger partial charge is 0.329 e. The molecule has 0 aliphatic rings. The number of nitrogens with zero attached hydrogens (tertiary/aromatic N) is 1. The number of ether oxygens (including phenoxy) is 1. The molecule has 2 aromatic rings. The van der Waals surface area contributed by atoms with E-state index in [1.54, 1.807) is 34.6 Å². The monoisotopic (exact) mass is 703 g/mol. The predicted octanol–water partition coefficient (Wildman–Crippen LogP) is 3.69. The summed E-state index contributed by atoms with van der Waals surface area (Å²) in [7, 11) is -2.07. The fraction of sp³-hybridized carbons (Fsp3) is 0.657. The van der Waals surface area contributed by atoms with Gasteiger partial charge in [-0.2, -0.15) is 0 Å². The van der Waals surface area contributed by atoms with Crippen molar-refractivity contribution in [3.8, 4) is 0 Å². The van der Waals surface area contributed by atoms with E-state index in [1.165, 1.54) is 0 Å². The number of carbonyl (C=O) groups excluding carboxylic acids is 4. The third kappa shape index (κ3) is 11.4. The predicted molar refractivity (Wildman–Crippen MR) is 193 cm³/mol. The van der Waals surface area contributed by atoms with Crippen molar-refractivity contribution >= 4 is 48.0 Å². The Morgan fingerprint density at radius 3 is 2.06 bits per heavy atom. The lowest BCUT2D eigenvalue weighted by atomic mass is 9.98. The number of amides is 3. The van der Waals surface area contributed by atoms with Crippen LogP contribution in [0.4, 0.5) is 0 Å². The van der Waals surface area contributed by atoms with Crippen LogP contribution >= 0.6 is 0 Å². The summed E-state index contributed by atoms with van der Waals surface area (Å²) < 4.78 is 5.81. The molecule has 0 saturated carbocycles. The van der Waals surface area contributed by atoms with Crippen LogP contribution in [0.2, 0.25) is 18.1 Å². The summed E-state index contributed by atoms with van der Waals surface area (Å²) in [5.41, 5.74) is 1.68. The molecule has 0 unspecified atom stereocenters. The summed E-state index contributed by atoms with van der Waals surface area (Å²) in [6, 6.07) is 5.28. The van der Waals surface area contributed by atoms with Crippen molar-refractivity contribution in [3.63, 3.8) is 0 Å². The molecule has 0 radical (unpaired) electrons. The largest absolute Gasteiger partial charge is 0.458 e. The summed E-state index contributed by atoms with van der Waals surface area (Å²) in [4.78, 5) is 67.2. The van der Waals surface area contributed by atoms with E-state index in [0.29, 0.717) is 0 Å². The number of H-pyrrole nitrogens is 1. The highest BCUT2D eigenvalue weighted by Gasteiger charge is 2.38. The molecule has 0 spiro atoms. The molecule has 5 N–H and O–H groups in total. The van der Waals surface area contributed by atoms with Crippen LogP contribution in [-0.4, -0.2) is 77.0 Å². The van der Waals surface area contributed by atoms with Crippen LogP contribution in [-0.2, 0) is 36.9 Å². The van der Waals surface area contributed by atoms with Crippen molar-refractivity contribution < 1.29 is 33.9 Å². The van der Waals surface area contributed by atoms with Gasteiger partial charge in [-0.1, -0.05) is 78.7 Å². The number of nitro groups is 1. The van der Waals surface area contributed by atoms with E-state index in [2.05, 4.69) is 41.7 Å². The van der Waals surface area contributed by atoms with Gasteiger partial charge >= 0.3 is 5.97 Å². The quantitative estimate of drug-likeness (QED) is 0.0672. The zero-order valence-corrected chi connectivity index (χ0v) is 31.8. The number of fused-ring (bicyclic) bond motifs is 1. The maximum atomic E-state index is 14.0. The average molecular weight is 704 g/mol. The Balaban J connectivity index is 2.57. The van der Waals surface area contributed by atoms with E-state index in [9.17, 15) is 34.4 Å². The highest BCUT2D eigenvalue weighted by molar-refractivity contribution is 6.91. The molecular weight excluding hydrogens is 646 g/mol. The highest BCUT2D eigenvalue weighted by atomic mass is 28.3.